The van der Waals surface area contributed by atoms with E-state index in [-0.39, 0.29) is 11.1 Å². The Bertz CT molecular complexity index is 372. The van der Waals surface area contributed by atoms with Crippen molar-refractivity contribution in [2.45, 2.75) is 13.8 Å². The average molecular weight is 192 g/mol. The first-order valence-corrected chi connectivity index (χ1v) is 3.98. The van der Waals surface area contributed by atoms with Crippen molar-refractivity contribution < 1.29 is 19.2 Å². The second-order valence-corrected chi connectivity index (χ2v) is 2.92. The highest BCUT2D eigenvalue weighted by molar-refractivity contribution is 6.39. The van der Waals surface area contributed by atoms with Gasteiger partial charge >= 0.3 is 0 Å². The molecule has 72 valence electrons. The summed E-state index contributed by atoms with van der Waals surface area (Å²) in [5, 5.41) is 0. The molecule has 0 fully saturated rings. The number of carbonyl (C=O) groups is 4. The number of hydrogen-bond donors (Lipinski definition) is 0. The molecule has 0 aromatic carbocycles. The maximum absolute atomic E-state index is 11.2. The molecule has 14 heavy (non-hydrogen) atoms. The van der Waals surface area contributed by atoms with Gasteiger partial charge in [-0.25, -0.2) is 0 Å². The smallest absolute Gasteiger partial charge is 0.190 e. The summed E-state index contributed by atoms with van der Waals surface area (Å²) in [6, 6.07) is 0. The van der Waals surface area contributed by atoms with Crippen molar-refractivity contribution in [2.75, 3.05) is 0 Å². The van der Waals surface area contributed by atoms with Gasteiger partial charge < -0.3 is 0 Å². The molecule has 1 rings (SSSR count). The van der Waals surface area contributed by atoms with Gasteiger partial charge in [0.05, 0.1) is 11.1 Å². The Balaban J connectivity index is 3.42. The van der Waals surface area contributed by atoms with E-state index in [1.807, 2.05) is 0 Å². The predicted octanol–water partition coefficient (Wildman–Crippen LogP) is 0.169. The van der Waals surface area contributed by atoms with E-state index < -0.39 is 23.1 Å². The van der Waals surface area contributed by atoms with Gasteiger partial charge in [-0.3, -0.25) is 19.2 Å². The van der Waals surface area contributed by atoms with Gasteiger partial charge in [0.15, 0.2) is 23.1 Å². The third-order valence-corrected chi connectivity index (χ3v) is 1.83. The Morgan fingerprint density at radius 2 is 1.14 bits per heavy atom. The van der Waals surface area contributed by atoms with Crippen LogP contribution in [0.15, 0.2) is 23.3 Å². The highest BCUT2D eigenvalue weighted by atomic mass is 16.2. The summed E-state index contributed by atoms with van der Waals surface area (Å²) in [4.78, 5) is 44.6. The first-order chi connectivity index (χ1) is 6.45. The normalized spacial score (nSPS) is 16.1. The highest BCUT2D eigenvalue weighted by Crippen LogP contribution is 2.15. The van der Waals surface area contributed by atoms with Crippen molar-refractivity contribution in [2.24, 2.45) is 0 Å². The molecule has 4 nitrogen and oxygen atoms in total. The lowest BCUT2D eigenvalue weighted by Crippen LogP contribution is -2.23. The van der Waals surface area contributed by atoms with Gasteiger partial charge in [-0.1, -0.05) is 0 Å². The molecule has 4 heteroatoms. The van der Waals surface area contributed by atoms with Crippen LogP contribution in [0.5, 0.6) is 0 Å². The summed E-state index contributed by atoms with van der Waals surface area (Å²) in [5.74, 6) is -2.28. The number of rotatable bonds is 2. The van der Waals surface area contributed by atoms with Gasteiger partial charge in [0.25, 0.3) is 0 Å². The molecule has 0 atom stereocenters. The first-order valence-electron chi connectivity index (χ1n) is 3.98. The van der Waals surface area contributed by atoms with Crippen molar-refractivity contribution in [3.8, 4) is 0 Å². The van der Waals surface area contributed by atoms with Crippen molar-refractivity contribution in [1.29, 1.82) is 0 Å². The van der Waals surface area contributed by atoms with Crippen LogP contribution < -0.4 is 0 Å². The SMILES string of the molecule is CC(=O)C1=C(C(C)=O)C(=O)C=CC1=O. The summed E-state index contributed by atoms with van der Waals surface area (Å²) in [7, 11) is 0. The third kappa shape index (κ3) is 1.59. The van der Waals surface area contributed by atoms with Gasteiger partial charge in [0, 0.05) is 0 Å². The number of allylic oxidation sites excluding steroid dienone is 4. The Morgan fingerprint density at radius 1 is 0.857 bits per heavy atom. The summed E-state index contributed by atoms with van der Waals surface area (Å²) in [6.07, 6.45) is 2.01. The number of ketones is 4. The molecule has 0 aliphatic heterocycles. The van der Waals surface area contributed by atoms with Crippen LogP contribution in [0.4, 0.5) is 0 Å². The first kappa shape index (κ1) is 10.2. The summed E-state index contributed by atoms with van der Waals surface area (Å²) < 4.78 is 0. The standard InChI is InChI=1S/C10H8O4/c1-5(11)9-7(13)3-4-8(14)10(9)6(2)12/h3-4H,1-2H3. The van der Waals surface area contributed by atoms with Gasteiger partial charge in [0.2, 0.25) is 0 Å². The minimum atomic E-state index is -0.581. The Morgan fingerprint density at radius 3 is 1.36 bits per heavy atom. The van der Waals surface area contributed by atoms with Crippen LogP contribution in [-0.4, -0.2) is 23.1 Å². The topological polar surface area (TPSA) is 68.3 Å². The molecule has 0 unspecified atom stereocenters. The molecule has 1 aliphatic carbocycles. The van der Waals surface area contributed by atoms with E-state index in [4.69, 9.17) is 0 Å². The van der Waals surface area contributed by atoms with E-state index in [0.717, 1.165) is 26.0 Å². The van der Waals surface area contributed by atoms with E-state index in [1.165, 1.54) is 0 Å². The Hall–Kier alpha value is -1.84. The van der Waals surface area contributed by atoms with Gasteiger partial charge in [0.1, 0.15) is 0 Å². The molecule has 0 N–H and O–H groups in total. The molecular weight excluding hydrogens is 184 g/mol. The summed E-state index contributed by atoms with van der Waals surface area (Å²) in [5.41, 5.74) is -0.602. The molecule has 0 saturated carbocycles. The summed E-state index contributed by atoms with van der Waals surface area (Å²) in [6.45, 7) is 2.31. The summed E-state index contributed by atoms with van der Waals surface area (Å²) >= 11 is 0. The van der Waals surface area contributed by atoms with E-state index in [2.05, 4.69) is 0 Å². The maximum Gasteiger partial charge on any atom is 0.190 e. The lowest BCUT2D eigenvalue weighted by molar-refractivity contribution is -0.123. The predicted molar refractivity (Wildman–Crippen MR) is 47.5 cm³/mol. The van der Waals surface area contributed by atoms with E-state index in [1.54, 1.807) is 0 Å². The molecule has 0 bridgehead atoms. The lowest BCUT2D eigenvalue weighted by Gasteiger charge is -2.09. The van der Waals surface area contributed by atoms with Crippen LogP contribution >= 0.6 is 0 Å². The van der Waals surface area contributed by atoms with Crippen molar-refractivity contribution in [3.63, 3.8) is 0 Å². The monoisotopic (exact) mass is 192 g/mol. The van der Waals surface area contributed by atoms with Gasteiger partial charge in [-0.15, -0.1) is 0 Å². The van der Waals surface area contributed by atoms with E-state index >= 15 is 0 Å². The number of Topliss-reactive ketones (excluding diaryl/α,β-unsaturated/α-hetero) is 2. The zero-order valence-electron chi connectivity index (χ0n) is 7.79. The third-order valence-electron chi connectivity index (χ3n) is 1.83. The second-order valence-electron chi connectivity index (χ2n) is 2.92. The fourth-order valence-electron chi connectivity index (χ4n) is 1.26. The fourth-order valence-corrected chi connectivity index (χ4v) is 1.26. The largest absolute Gasteiger partial charge is 0.294 e. The zero-order chi connectivity index (χ0) is 10.9. The highest BCUT2D eigenvalue weighted by Gasteiger charge is 2.28. The zero-order valence-corrected chi connectivity index (χ0v) is 7.79. The van der Waals surface area contributed by atoms with Crippen LogP contribution in [0.2, 0.25) is 0 Å². The van der Waals surface area contributed by atoms with Crippen LogP contribution in [0.3, 0.4) is 0 Å². The van der Waals surface area contributed by atoms with Gasteiger partial charge in [-0.05, 0) is 26.0 Å². The molecule has 0 amide bonds. The Labute approximate surface area is 80.3 Å². The molecule has 0 saturated heterocycles. The maximum atomic E-state index is 11.2. The molecule has 0 aromatic rings. The van der Waals surface area contributed by atoms with Crippen molar-refractivity contribution >= 4 is 23.1 Å². The number of carbonyl (C=O) groups excluding carboxylic acids is 4. The second kappa shape index (κ2) is 3.49. The van der Waals surface area contributed by atoms with Crippen LogP contribution in [0, 0.1) is 0 Å². The minimum Gasteiger partial charge on any atom is -0.294 e. The molecular formula is C10H8O4. The lowest BCUT2D eigenvalue weighted by atomic mass is 9.90. The molecule has 0 radical (unpaired) electrons. The van der Waals surface area contributed by atoms with Gasteiger partial charge in [-0.2, -0.15) is 0 Å². The minimum absolute atomic E-state index is 0.301. The molecule has 0 heterocycles. The van der Waals surface area contributed by atoms with Crippen molar-refractivity contribution in [1.82, 2.24) is 0 Å². The Kier molecular flexibility index (Phi) is 2.56. The fraction of sp³-hybridized carbons (Fsp3) is 0.200. The van der Waals surface area contributed by atoms with E-state index in [9.17, 15) is 19.2 Å². The molecule has 0 aromatic heterocycles. The van der Waals surface area contributed by atoms with Crippen LogP contribution in [0.25, 0.3) is 0 Å². The van der Waals surface area contributed by atoms with Crippen molar-refractivity contribution in [3.05, 3.63) is 23.3 Å². The van der Waals surface area contributed by atoms with E-state index in [0.29, 0.717) is 0 Å². The molecule has 0 spiro atoms. The van der Waals surface area contributed by atoms with Crippen LogP contribution in [-0.2, 0) is 19.2 Å². The number of hydrogen-bond acceptors (Lipinski definition) is 4. The quantitative estimate of drug-likeness (QED) is 0.462. The molecule has 1 aliphatic rings. The van der Waals surface area contributed by atoms with Crippen LogP contribution in [0.1, 0.15) is 13.8 Å². The average Bonchev–Trinajstić information content (AvgIpc) is 2.07.